The van der Waals surface area contributed by atoms with Gasteiger partial charge in [0.25, 0.3) is 11.5 Å². The van der Waals surface area contributed by atoms with Gasteiger partial charge in [-0.2, -0.15) is 4.37 Å². The van der Waals surface area contributed by atoms with Gasteiger partial charge in [0.2, 0.25) is 0 Å². The molecule has 3 heterocycles. The van der Waals surface area contributed by atoms with Crippen LogP contribution in [0.5, 0.6) is 0 Å². The number of carbonyl (C=O) groups is 1. The fraction of sp³-hybridized carbons (Fsp3) is 0.286. The molecule has 0 saturated heterocycles. The van der Waals surface area contributed by atoms with Crippen LogP contribution >= 0.6 is 22.9 Å². The molecule has 0 radical (unpaired) electrons. The van der Waals surface area contributed by atoms with E-state index in [9.17, 15) is 9.59 Å². The molecule has 5 aromatic rings. The molecular weight excluding hydrogens is 502 g/mol. The standard InChI is InChI=1S/C28H29N5O2S2/c1-3-21(32(15-9-14-29)27(34)23-16-20-12-7-8-13-22(20)36-23)25-30-26-24(18(2)31-37-26)28(35)33(25)17-19-10-5-4-6-11-19/h4-8,10-13,16,21H,3,9,14-15,17,29H2,1-2H3/t21-/m1/s1. The quantitative estimate of drug-likeness (QED) is 0.276. The van der Waals surface area contributed by atoms with E-state index in [1.165, 1.54) is 22.9 Å². The summed E-state index contributed by atoms with van der Waals surface area (Å²) < 4.78 is 7.19. The molecule has 0 aliphatic rings. The van der Waals surface area contributed by atoms with E-state index < -0.39 is 6.04 Å². The molecule has 0 aliphatic heterocycles. The van der Waals surface area contributed by atoms with E-state index in [4.69, 9.17) is 10.7 Å². The highest BCUT2D eigenvalue weighted by atomic mass is 32.1. The molecule has 0 bridgehead atoms. The van der Waals surface area contributed by atoms with Gasteiger partial charge in [0.15, 0.2) is 4.83 Å². The average Bonchev–Trinajstić information content (AvgIpc) is 3.52. The van der Waals surface area contributed by atoms with Crippen LogP contribution in [0.2, 0.25) is 0 Å². The van der Waals surface area contributed by atoms with E-state index in [2.05, 4.69) is 4.37 Å². The molecule has 2 aromatic carbocycles. The Kier molecular flexibility index (Phi) is 7.45. The molecule has 0 fully saturated rings. The zero-order valence-electron chi connectivity index (χ0n) is 20.9. The molecule has 190 valence electrons. The molecule has 0 unspecified atom stereocenters. The number of fused-ring (bicyclic) bond motifs is 2. The van der Waals surface area contributed by atoms with Crippen molar-refractivity contribution < 1.29 is 4.79 Å². The second kappa shape index (κ2) is 10.9. The highest BCUT2D eigenvalue weighted by Gasteiger charge is 2.30. The Bertz CT molecular complexity index is 1570. The Balaban J connectivity index is 1.64. The third-order valence-electron chi connectivity index (χ3n) is 6.54. The van der Waals surface area contributed by atoms with Crippen molar-refractivity contribution in [3.8, 4) is 0 Å². The van der Waals surface area contributed by atoms with E-state index in [0.717, 1.165) is 15.6 Å². The van der Waals surface area contributed by atoms with Crippen molar-refractivity contribution in [2.75, 3.05) is 13.1 Å². The van der Waals surface area contributed by atoms with Gasteiger partial charge in [-0.1, -0.05) is 55.5 Å². The van der Waals surface area contributed by atoms with Gasteiger partial charge in [-0.05, 0) is 60.9 Å². The van der Waals surface area contributed by atoms with Gasteiger partial charge in [0.1, 0.15) is 5.82 Å². The zero-order valence-corrected chi connectivity index (χ0v) is 22.5. The third kappa shape index (κ3) is 4.94. The minimum Gasteiger partial charge on any atom is -0.330 e. The summed E-state index contributed by atoms with van der Waals surface area (Å²) in [6, 6.07) is 19.4. The molecule has 0 spiro atoms. The van der Waals surface area contributed by atoms with Crippen LogP contribution < -0.4 is 11.3 Å². The Morgan fingerprint density at radius 3 is 2.62 bits per heavy atom. The number of amides is 1. The highest BCUT2D eigenvalue weighted by Crippen LogP contribution is 2.31. The number of thiophene rings is 1. The Morgan fingerprint density at radius 1 is 1.14 bits per heavy atom. The molecule has 7 nitrogen and oxygen atoms in total. The van der Waals surface area contributed by atoms with E-state index in [1.807, 2.05) is 79.4 Å². The van der Waals surface area contributed by atoms with Gasteiger partial charge in [-0.3, -0.25) is 14.2 Å². The molecule has 1 atom stereocenters. The molecule has 5 rings (SSSR count). The van der Waals surface area contributed by atoms with Crippen molar-refractivity contribution in [1.29, 1.82) is 0 Å². The number of hydrogen-bond donors (Lipinski definition) is 1. The van der Waals surface area contributed by atoms with Crippen LogP contribution in [0.4, 0.5) is 0 Å². The van der Waals surface area contributed by atoms with E-state index in [-0.39, 0.29) is 11.5 Å². The first-order valence-corrected chi connectivity index (χ1v) is 14.0. The number of hydrogen-bond acceptors (Lipinski definition) is 7. The van der Waals surface area contributed by atoms with Crippen molar-refractivity contribution in [3.05, 3.63) is 93.0 Å². The lowest BCUT2D eigenvalue weighted by Gasteiger charge is -2.32. The number of aromatic nitrogens is 3. The Hall–Kier alpha value is -3.40. The average molecular weight is 532 g/mol. The summed E-state index contributed by atoms with van der Waals surface area (Å²) in [6.07, 6.45) is 1.25. The summed E-state index contributed by atoms with van der Waals surface area (Å²) in [5.41, 5.74) is 7.43. The van der Waals surface area contributed by atoms with Crippen LogP contribution in [-0.4, -0.2) is 37.8 Å². The van der Waals surface area contributed by atoms with Gasteiger partial charge < -0.3 is 10.6 Å². The van der Waals surface area contributed by atoms with Crippen molar-refractivity contribution in [2.24, 2.45) is 5.73 Å². The second-order valence-corrected chi connectivity index (χ2v) is 10.8. The number of aryl methyl sites for hydroxylation is 1. The number of nitrogens with zero attached hydrogens (tertiary/aromatic N) is 4. The molecule has 1 amide bonds. The molecule has 3 aromatic heterocycles. The number of carbonyl (C=O) groups excluding carboxylic acids is 1. The lowest BCUT2D eigenvalue weighted by atomic mass is 10.1. The SMILES string of the molecule is CC[C@H](c1nc2snc(C)c2c(=O)n1Cc1ccccc1)N(CCCN)C(=O)c1cc2ccccc2s1. The first-order valence-electron chi connectivity index (χ1n) is 12.4. The normalized spacial score (nSPS) is 12.3. The molecule has 9 heteroatoms. The van der Waals surface area contributed by atoms with E-state index in [1.54, 1.807) is 4.57 Å². The number of nitrogens with two attached hydrogens (primary N) is 1. The minimum atomic E-state index is -0.396. The van der Waals surface area contributed by atoms with Crippen molar-refractivity contribution >= 4 is 49.1 Å². The first kappa shape index (κ1) is 25.3. The fourth-order valence-electron chi connectivity index (χ4n) is 4.69. The number of rotatable bonds is 9. The monoisotopic (exact) mass is 531 g/mol. The summed E-state index contributed by atoms with van der Waals surface area (Å²) in [6.45, 7) is 5.17. The van der Waals surface area contributed by atoms with Gasteiger partial charge in [-0.15, -0.1) is 11.3 Å². The topological polar surface area (TPSA) is 94.1 Å². The van der Waals surface area contributed by atoms with Gasteiger partial charge in [0.05, 0.1) is 28.5 Å². The third-order valence-corrected chi connectivity index (χ3v) is 8.48. The van der Waals surface area contributed by atoms with Crippen LogP contribution in [-0.2, 0) is 6.54 Å². The molecule has 0 saturated carbocycles. The summed E-state index contributed by atoms with van der Waals surface area (Å²) in [5, 5.41) is 1.59. The molecule has 0 aliphatic carbocycles. The predicted octanol–water partition coefficient (Wildman–Crippen LogP) is 5.37. The Morgan fingerprint density at radius 2 is 1.89 bits per heavy atom. The minimum absolute atomic E-state index is 0.0670. The molecule has 2 N–H and O–H groups in total. The summed E-state index contributed by atoms with van der Waals surface area (Å²) >= 11 is 2.71. The van der Waals surface area contributed by atoms with Gasteiger partial charge in [-0.25, -0.2) is 4.98 Å². The second-order valence-electron chi connectivity index (χ2n) is 9.01. The summed E-state index contributed by atoms with van der Waals surface area (Å²) in [5.74, 6) is 0.515. The van der Waals surface area contributed by atoms with Crippen LogP contribution in [0.15, 0.2) is 65.5 Å². The first-order chi connectivity index (χ1) is 18.0. The lowest BCUT2D eigenvalue weighted by Crippen LogP contribution is -2.39. The predicted molar refractivity (Wildman–Crippen MR) is 152 cm³/mol. The van der Waals surface area contributed by atoms with Crippen LogP contribution in [0, 0.1) is 6.92 Å². The van der Waals surface area contributed by atoms with Crippen molar-refractivity contribution in [2.45, 2.75) is 39.3 Å². The number of benzene rings is 2. The van der Waals surface area contributed by atoms with Crippen molar-refractivity contribution in [3.63, 3.8) is 0 Å². The molecular formula is C28H29N5O2S2. The van der Waals surface area contributed by atoms with Gasteiger partial charge in [0, 0.05) is 11.2 Å². The smallest absolute Gasteiger partial charge is 0.264 e. The maximum absolute atomic E-state index is 14.0. The molecule has 37 heavy (non-hydrogen) atoms. The van der Waals surface area contributed by atoms with Crippen LogP contribution in [0.25, 0.3) is 20.3 Å². The maximum atomic E-state index is 14.0. The largest absolute Gasteiger partial charge is 0.330 e. The summed E-state index contributed by atoms with van der Waals surface area (Å²) in [4.78, 5) is 35.9. The van der Waals surface area contributed by atoms with Crippen LogP contribution in [0.1, 0.15) is 52.6 Å². The van der Waals surface area contributed by atoms with E-state index in [0.29, 0.717) is 59.1 Å². The summed E-state index contributed by atoms with van der Waals surface area (Å²) in [7, 11) is 0. The maximum Gasteiger partial charge on any atom is 0.264 e. The van der Waals surface area contributed by atoms with Crippen LogP contribution in [0.3, 0.4) is 0 Å². The lowest BCUT2D eigenvalue weighted by molar-refractivity contribution is 0.0661. The highest BCUT2D eigenvalue weighted by molar-refractivity contribution is 7.20. The van der Waals surface area contributed by atoms with Crippen molar-refractivity contribution in [1.82, 2.24) is 18.8 Å². The van der Waals surface area contributed by atoms with E-state index >= 15 is 0 Å². The Labute approximate surface area is 223 Å². The van der Waals surface area contributed by atoms with Gasteiger partial charge >= 0.3 is 0 Å². The zero-order chi connectivity index (χ0) is 25.9. The fourth-order valence-corrected chi connectivity index (χ4v) is 6.48.